The number of halogens is 2. The summed E-state index contributed by atoms with van der Waals surface area (Å²) in [6.07, 6.45) is 1.24. The van der Waals surface area contributed by atoms with E-state index in [2.05, 4.69) is 9.82 Å². The highest BCUT2D eigenvalue weighted by atomic mass is 35.5. The molecule has 1 aromatic heterocycles. The zero-order chi connectivity index (χ0) is 19.6. The van der Waals surface area contributed by atoms with Gasteiger partial charge in [-0.15, -0.1) is 0 Å². The van der Waals surface area contributed by atoms with Gasteiger partial charge in [-0.2, -0.15) is 9.78 Å². The number of nitrogens with zero attached hydrogens (tertiary/aromatic N) is 2. The van der Waals surface area contributed by atoms with Crippen molar-refractivity contribution < 1.29 is 13.2 Å². The van der Waals surface area contributed by atoms with Crippen LogP contribution < -0.4 is 15.0 Å². The van der Waals surface area contributed by atoms with E-state index in [-0.39, 0.29) is 14.9 Å². The van der Waals surface area contributed by atoms with Crippen LogP contribution in [-0.2, 0) is 10.0 Å². The minimum absolute atomic E-state index is 0.0159. The van der Waals surface area contributed by atoms with Crippen molar-refractivity contribution in [2.24, 2.45) is 0 Å². The van der Waals surface area contributed by atoms with Crippen molar-refractivity contribution in [1.29, 1.82) is 0 Å². The molecule has 0 atom stereocenters. The third-order valence-corrected chi connectivity index (χ3v) is 5.74. The second kappa shape index (κ2) is 7.59. The second-order valence-electron chi connectivity index (χ2n) is 5.35. The van der Waals surface area contributed by atoms with Crippen LogP contribution in [0.15, 0.2) is 64.4 Å². The molecule has 0 unspecified atom stereocenters. The highest BCUT2D eigenvalue weighted by Gasteiger charge is 2.16. The molecule has 0 fully saturated rings. The molecule has 1 N–H and O–H groups in total. The highest BCUT2D eigenvalue weighted by Crippen LogP contribution is 2.21. The van der Waals surface area contributed by atoms with Crippen LogP contribution in [0.1, 0.15) is 0 Å². The molecule has 0 spiro atoms. The van der Waals surface area contributed by atoms with Crippen molar-refractivity contribution in [3.8, 4) is 11.4 Å². The number of methoxy groups -OCH3 is 1. The lowest BCUT2D eigenvalue weighted by molar-refractivity contribution is 0.415. The normalized spacial score (nSPS) is 11.2. The maximum atomic E-state index is 12.5. The maximum absolute atomic E-state index is 12.5. The fourth-order valence-corrected chi connectivity index (χ4v) is 3.57. The third kappa shape index (κ3) is 4.08. The topological polar surface area (TPSA) is 90.3 Å². The van der Waals surface area contributed by atoms with Crippen LogP contribution >= 0.6 is 23.2 Å². The Labute approximate surface area is 165 Å². The van der Waals surface area contributed by atoms with Gasteiger partial charge in [0.1, 0.15) is 10.8 Å². The summed E-state index contributed by atoms with van der Waals surface area (Å²) in [5.74, 6) is 0.524. The second-order valence-corrected chi connectivity index (χ2v) is 7.82. The summed E-state index contributed by atoms with van der Waals surface area (Å²) >= 11 is 11.6. The van der Waals surface area contributed by atoms with Crippen LogP contribution in [0.5, 0.6) is 5.75 Å². The summed E-state index contributed by atoms with van der Waals surface area (Å²) in [4.78, 5) is 12.1. The summed E-state index contributed by atoms with van der Waals surface area (Å²) in [6, 6.07) is 12.1. The molecule has 140 valence electrons. The summed E-state index contributed by atoms with van der Waals surface area (Å²) in [5, 5.41) is 3.77. The molecule has 0 saturated heterocycles. The summed E-state index contributed by atoms with van der Waals surface area (Å²) in [6.45, 7) is 0. The van der Waals surface area contributed by atoms with Gasteiger partial charge in [0, 0.05) is 6.07 Å². The molecular weight excluding hydrogens is 413 g/mol. The number of anilines is 1. The number of hydrogen-bond donors (Lipinski definition) is 1. The van der Waals surface area contributed by atoms with Gasteiger partial charge in [0.2, 0.25) is 0 Å². The smallest absolute Gasteiger partial charge is 0.291 e. The molecule has 0 aliphatic heterocycles. The van der Waals surface area contributed by atoms with Gasteiger partial charge in [0.15, 0.2) is 0 Å². The van der Waals surface area contributed by atoms with E-state index in [1.807, 2.05) is 0 Å². The standard InChI is InChI=1S/C17H13Cl2N3O4S/c1-26-13-4-2-3-11(9-13)21-27(24,25)14-7-5-12(6-8-14)22-17(23)16(19)15(18)10-20-22/h2-10,21H,1H3. The average Bonchev–Trinajstić information content (AvgIpc) is 2.66. The van der Waals surface area contributed by atoms with E-state index in [0.29, 0.717) is 17.1 Å². The van der Waals surface area contributed by atoms with E-state index >= 15 is 0 Å². The molecule has 2 aromatic carbocycles. The molecule has 3 rings (SSSR count). The highest BCUT2D eigenvalue weighted by molar-refractivity contribution is 7.92. The van der Waals surface area contributed by atoms with Crippen LogP contribution in [-0.4, -0.2) is 25.3 Å². The van der Waals surface area contributed by atoms with Crippen molar-refractivity contribution in [3.05, 3.63) is 75.1 Å². The molecule has 0 saturated carbocycles. The molecule has 0 aliphatic rings. The van der Waals surface area contributed by atoms with E-state index in [4.69, 9.17) is 27.9 Å². The van der Waals surface area contributed by atoms with Gasteiger partial charge in [0.25, 0.3) is 15.6 Å². The largest absolute Gasteiger partial charge is 0.497 e. The predicted molar refractivity (Wildman–Crippen MR) is 104 cm³/mol. The van der Waals surface area contributed by atoms with Crippen molar-refractivity contribution >= 4 is 38.9 Å². The van der Waals surface area contributed by atoms with Crippen molar-refractivity contribution in [3.63, 3.8) is 0 Å². The fraction of sp³-hybridized carbons (Fsp3) is 0.0588. The number of aromatic nitrogens is 2. The molecule has 0 bridgehead atoms. The number of benzene rings is 2. The maximum Gasteiger partial charge on any atom is 0.291 e. The van der Waals surface area contributed by atoms with Gasteiger partial charge in [0.05, 0.1) is 34.6 Å². The average molecular weight is 426 g/mol. The number of ether oxygens (including phenoxy) is 1. The van der Waals surface area contributed by atoms with Crippen molar-refractivity contribution in [1.82, 2.24) is 9.78 Å². The van der Waals surface area contributed by atoms with Gasteiger partial charge in [-0.25, -0.2) is 8.42 Å². The number of hydrogen-bond acceptors (Lipinski definition) is 5. The first kappa shape index (κ1) is 19.2. The monoisotopic (exact) mass is 425 g/mol. The summed E-state index contributed by atoms with van der Waals surface area (Å²) < 4.78 is 33.6. The Bertz CT molecular complexity index is 1150. The molecule has 0 radical (unpaired) electrons. The van der Waals surface area contributed by atoms with Gasteiger partial charge >= 0.3 is 0 Å². The lowest BCUT2D eigenvalue weighted by Gasteiger charge is -2.10. The number of sulfonamides is 1. The van der Waals surface area contributed by atoms with Gasteiger partial charge in [-0.05, 0) is 36.4 Å². The fourth-order valence-electron chi connectivity index (χ4n) is 2.26. The van der Waals surface area contributed by atoms with E-state index < -0.39 is 15.6 Å². The molecule has 27 heavy (non-hydrogen) atoms. The Balaban J connectivity index is 1.90. The number of rotatable bonds is 5. The molecule has 1 heterocycles. The minimum Gasteiger partial charge on any atom is -0.497 e. The molecule has 10 heteroatoms. The first-order valence-corrected chi connectivity index (χ1v) is 9.76. The van der Waals surface area contributed by atoms with Crippen LogP contribution in [0.4, 0.5) is 5.69 Å². The zero-order valence-electron chi connectivity index (χ0n) is 13.9. The number of nitrogens with one attached hydrogen (secondary N) is 1. The van der Waals surface area contributed by atoms with Crippen molar-refractivity contribution in [2.45, 2.75) is 4.90 Å². The van der Waals surface area contributed by atoms with Crippen LogP contribution in [0.25, 0.3) is 5.69 Å². The Morgan fingerprint density at radius 1 is 1.11 bits per heavy atom. The van der Waals surface area contributed by atoms with E-state index in [0.717, 1.165) is 4.68 Å². The molecule has 3 aromatic rings. The van der Waals surface area contributed by atoms with Crippen LogP contribution in [0, 0.1) is 0 Å². The lowest BCUT2D eigenvalue weighted by atomic mass is 10.3. The Kier molecular flexibility index (Phi) is 5.41. The first-order valence-electron chi connectivity index (χ1n) is 7.52. The Morgan fingerprint density at radius 3 is 2.48 bits per heavy atom. The first-order chi connectivity index (χ1) is 12.8. The van der Waals surface area contributed by atoms with Gasteiger partial charge < -0.3 is 4.74 Å². The van der Waals surface area contributed by atoms with Crippen LogP contribution in [0.2, 0.25) is 10.0 Å². The lowest BCUT2D eigenvalue weighted by Crippen LogP contribution is -2.21. The van der Waals surface area contributed by atoms with Crippen molar-refractivity contribution in [2.75, 3.05) is 11.8 Å². The van der Waals surface area contributed by atoms with E-state index in [9.17, 15) is 13.2 Å². The van der Waals surface area contributed by atoms with E-state index in [1.165, 1.54) is 37.6 Å². The summed E-state index contributed by atoms with van der Waals surface area (Å²) in [5.41, 5.74) is 0.106. The van der Waals surface area contributed by atoms with Crippen LogP contribution in [0.3, 0.4) is 0 Å². The predicted octanol–water partition coefficient (Wildman–Crippen LogP) is 3.35. The van der Waals surface area contributed by atoms with E-state index in [1.54, 1.807) is 24.3 Å². The zero-order valence-corrected chi connectivity index (χ0v) is 16.2. The Morgan fingerprint density at radius 2 is 1.81 bits per heavy atom. The quantitative estimate of drug-likeness (QED) is 0.676. The summed E-state index contributed by atoms with van der Waals surface area (Å²) in [7, 11) is -2.33. The van der Waals surface area contributed by atoms with Gasteiger partial charge in [-0.3, -0.25) is 9.52 Å². The Hall–Kier alpha value is -2.55. The van der Waals surface area contributed by atoms with Gasteiger partial charge in [-0.1, -0.05) is 29.3 Å². The molecule has 0 aliphatic carbocycles. The molecule has 0 amide bonds. The SMILES string of the molecule is COc1cccc(NS(=O)(=O)c2ccc(-n3ncc(Cl)c(Cl)c3=O)cc2)c1. The minimum atomic E-state index is -3.82. The molecular formula is C17H13Cl2N3O4S. The molecule has 7 nitrogen and oxygen atoms in total. The third-order valence-electron chi connectivity index (χ3n) is 3.59.